The molecule has 0 amide bonds. The SMILES string of the molecule is CC[N+](C)(CC)CC.CC[N+](C)(CC)CC.FCC(F)=C(F)F.O=C([O-])[O-]. The van der Waals surface area contributed by atoms with E-state index in [0.29, 0.717) is 0 Å². The zero-order valence-corrected chi connectivity index (χ0v) is 18.1. The van der Waals surface area contributed by atoms with Crippen LogP contribution in [0.3, 0.4) is 0 Å². The molecule has 0 rings (SSSR count). The summed E-state index contributed by atoms with van der Waals surface area (Å²) in [5.74, 6) is -1.99. The molecule has 0 aromatic heterocycles. The molecule has 0 unspecified atom stereocenters. The normalized spacial score (nSPS) is 10.2. The minimum absolute atomic E-state index is 1.21. The molecule has 27 heavy (non-hydrogen) atoms. The molecule has 0 fully saturated rings. The molecule has 0 aromatic carbocycles. The third-order valence-corrected chi connectivity index (χ3v) is 4.90. The Labute approximate surface area is 162 Å². The van der Waals surface area contributed by atoms with E-state index in [1.165, 1.54) is 48.2 Å². The maximum absolute atomic E-state index is 11.0. The Bertz CT molecular complexity index is 344. The van der Waals surface area contributed by atoms with Gasteiger partial charge in [-0.3, -0.25) is 0 Å². The van der Waals surface area contributed by atoms with E-state index in [-0.39, 0.29) is 0 Å². The van der Waals surface area contributed by atoms with Crippen LogP contribution in [0.25, 0.3) is 0 Å². The maximum atomic E-state index is 11.0. The fourth-order valence-corrected chi connectivity index (χ4v) is 1.39. The van der Waals surface area contributed by atoms with Crippen molar-refractivity contribution in [1.29, 1.82) is 0 Å². The van der Waals surface area contributed by atoms with Crippen LogP contribution in [-0.4, -0.2) is 75.2 Å². The zero-order valence-electron chi connectivity index (χ0n) is 18.1. The van der Waals surface area contributed by atoms with Gasteiger partial charge in [0.1, 0.15) is 6.67 Å². The van der Waals surface area contributed by atoms with E-state index >= 15 is 0 Å². The first-order chi connectivity index (χ1) is 12.3. The smallest absolute Gasteiger partial charge is 0.304 e. The quantitative estimate of drug-likeness (QED) is 0.482. The molecular weight excluding hydrogens is 368 g/mol. The number of hydrogen-bond acceptors (Lipinski definition) is 3. The average Bonchev–Trinajstić information content (AvgIpc) is 2.66. The van der Waals surface area contributed by atoms with Crippen molar-refractivity contribution < 1.29 is 41.5 Å². The summed E-state index contributed by atoms with van der Waals surface area (Å²) >= 11 is 0. The van der Waals surface area contributed by atoms with Crippen molar-refractivity contribution in [3.8, 4) is 0 Å². The third-order valence-electron chi connectivity index (χ3n) is 4.90. The van der Waals surface area contributed by atoms with Crippen molar-refractivity contribution in [2.45, 2.75) is 41.5 Å². The van der Waals surface area contributed by atoms with E-state index in [4.69, 9.17) is 15.0 Å². The summed E-state index contributed by atoms with van der Waals surface area (Å²) in [7, 11) is 4.58. The largest absolute Gasteiger partial charge is 0.652 e. The molecule has 0 aliphatic heterocycles. The topological polar surface area (TPSA) is 63.2 Å². The maximum Gasteiger partial charge on any atom is 0.304 e. The molecule has 0 aliphatic rings. The van der Waals surface area contributed by atoms with E-state index in [1.807, 2.05) is 0 Å². The van der Waals surface area contributed by atoms with Gasteiger partial charge in [0.15, 0.2) is 5.83 Å². The van der Waals surface area contributed by atoms with Crippen molar-refractivity contribution in [2.75, 3.05) is 60.0 Å². The molecule has 0 bridgehead atoms. The second-order valence-electron chi connectivity index (χ2n) is 6.19. The zero-order chi connectivity index (χ0) is 22.7. The highest BCUT2D eigenvalue weighted by Crippen LogP contribution is 2.08. The highest BCUT2D eigenvalue weighted by Gasteiger charge is 2.11. The second-order valence-corrected chi connectivity index (χ2v) is 6.19. The molecule has 0 aromatic rings. The first kappa shape index (κ1) is 33.3. The molecule has 166 valence electrons. The molecule has 0 saturated carbocycles. The van der Waals surface area contributed by atoms with E-state index in [2.05, 4.69) is 55.6 Å². The number of hydrogen-bond donors (Lipinski definition) is 0. The molecule has 0 spiro atoms. The number of carbonyl (C=O) groups excluding carboxylic acids is 1. The monoisotopic (exact) mass is 406 g/mol. The predicted molar refractivity (Wildman–Crippen MR) is 97.3 cm³/mol. The van der Waals surface area contributed by atoms with Gasteiger partial charge in [0.25, 0.3) is 0 Å². The standard InChI is InChI=1S/2C7H18N.C3H2F4.CH2O3/c2*1-5-8(4,6-2)7-3;4-1-2(5)3(6)7;2-1(3)4/h2*5-7H2,1-4H3;1H2;(H2,2,3,4)/q2*+1;;/p-2. The summed E-state index contributed by atoms with van der Waals surface area (Å²) in [6.07, 6.45) is -4.91. The summed E-state index contributed by atoms with van der Waals surface area (Å²) in [5, 5.41) is 16.7. The van der Waals surface area contributed by atoms with Crippen LogP contribution < -0.4 is 10.2 Å². The fourth-order valence-electron chi connectivity index (χ4n) is 1.39. The number of carboxylic acid groups (broad SMARTS) is 2. The minimum Gasteiger partial charge on any atom is -0.652 e. The molecule has 0 heterocycles. The highest BCUT2D eigenvalue weighted by atomic mass is 19.3. The summed E-state index contributed by atoms with van der Waals surface area (Å²) in [5.41, 5.74) is 0. The van der Waals surface area contributed by atoms with Crippen molar-refractivity contribution in [2.24, 2.45) is 0 Å². The number of carbonyl (C=O) groups is 1. The predicted octanol–water partition coefficient (Wildman–Crippen LogP) is 2.57. The first-order valence-electron chi connectivity index (χ1n) is 9.08. The van der Waals surface area contributed by atoms with Crippen LogP contribution in [0.4, 0.5) is 22.4 Å². The molecular formula is C18H38F4N2O3. The first-order valence-corrected chi connectivity index (χ1v) is 9.08. The Morgan fingerprint density at radius 3 is 0.889 bits per heavy atom. The van der Waals surface area contributed by atoms with Crippen LogP contribution in [0.5, 0.6) is 0 Å². The van der Waals surface area contributed by atoms with Crippen LogP contribution in [-0.2, 0) is 0 Å². The molecule has 5 nitrogen and oxygen atoms in total. The van der Waals surface area contributed by atoms with Gasteiger partial charge in [-0.15, -0.1) is 0 Å². The Kier molecular flexibility index (Phi) is 23.9. The molecule has 0 atom stereocenters. The van der Waals surface area contributed by atoms with Gasteiger partial charge in [0.05, 0.1) is 53.4 Å². The lowest BCUT2D eigenvalue weighted by atomic mass is 10.4. The number of alkyl halides is 1. The number of allylic oxidation sites excluding steroid dienone is 1. The van der Waals surface area contributed by atoms with Crippen LogP contribution in [0.2, 0.25) is 0 Å². The van der Waals surface area contributed by atoms with Crippen molar-refractivity contribution in [1.82, 2.24) is 0 Å². The van der Waals surface area contributed by atoms with Gasteiger partial charge in [-0.1, -0.05) is 0 Å². The van der Waals surface area contributed by atoms with Crippen molar-refractivity contribution in [3.05, 3.63) is 11.9 Å². The molecule has 0 aliphatic carbocycles. The number of rotatable bonds is 7. The van der Waals surface area contributed by atoms with Crippen LogP contribution >= 0.6 is 0 Å². The lowest BCUT2D eigenvalue weighted by molar-refractivity contribution is -0.904. The summed E-state index contributed by atoms with van der Waals surface area (Å²) in [6, 6.07) is 0. The summed E-state index contributed by atoms with van der Waals surface area (Å²) in [6.45, 7) is 19.3. The Hall–Kier alpha value is -1.35. The average molecular weight is 407 g/mol. The van der Waals surface area contributed by atoms with Gasteiger partial charge in [-0.25, -0.2) is 8.78 Å². The van der Waals surface area contributed by atoms with E-state index in [1.54, 1.807) is 0 Å². The summed E-state index contributed by atoms with van der Waals surface area (Å²) in [4.78, 5) is 8.33. The number of nitrogens with zero attached hydrogens (tertiary/aromatic N) is 2. The number of quaternary nitrogens is 2. The van der Waals surface area contributed by atoms with Gasteiger partial charge in [0, 0.05) is 0 Å². The van der Waals surface area contributed by atoms with Gasteiger partial charge in [0.2, 0.25) is 0 Å². The molecule has 0 radical (unpaired) electrons. The molecule has 0 N–H and O–H groups in total. The second kappa shape index (κ2) is 19.4. The minimum atomic E-state index is -2.58. The molecule has 0 saturated heterocycles. The van der Waals surface area contributed by atoms with E-state index in [0.717, 1.165) is 0 Å². The van der Waals surface area contributed by atoms with Crippen LogP contribution in [0.1, 0.15) is 41.5 Å². The third kappa shape index (κ3) is 24.6. The Morgan fingerprint density at radius 2 is 0.889 bits per heavy atom. The van der Waals surface area contributed by atoms with E-state index < -0.39 is 24.7 Å². The molecule has 9 heteroatoms. The Morgan fingerprint density at radius 1 is 0.704 bits per heavy atom. The van der Waals surface area contributed by atoms with Crippen LogP contribution in [0, 0.1) is 0 Å². The van der Waals surface area contributed by atoms with E-state index in [9.17, 15) is 17.6 Å². The lowest BCUT2D eigenvalue weighted by Gasteiger charge is -2.30. The number of halogens is 4. The van der Waals surface area contributed by atoms with Crippen molar-refractivity contribution >= 4 is 6.16 Å². The highest BCUT2D eigenvalue weighted by molar-refractivity contribution is 5.47. The van der Waals surface area contributed by atoms with Gasteiger partial charge >= 0.3 is 6.08 Å². The van der Waals surface area contributed by atoms with Gasteiger partial charge in [-0.2, -0.15) is 8.78 Å². The fraction of sp³-hybridized carbons (Fsp3) is 0.833. The Balaban J connectivity index is -0.000000134. The van der Waals surface area contributed by atoms with Gasteiger partial charge in [-0.05, 0) is 47.7 Å². The van der Waals surface area contributed by atoms with Gasteiger partial charge < -0.3 is 24.0 Å². The lowest BCUT2D eigenvalue weighted by Crippen LogP contribution is -2.42. The van der Waals surface area contributed by atoms with Crippen molar-refractivity contribution in [3.63, 3.8) is 0 Å². The van der Waals surface area contributed by atoms with Crippen LogP contribution in [0.15, 0.2) is 11.9 Å². The summed E-state index contributed by atoms with van der Waals surface area (Å²) < 4.78 is 45.5.